The van der Waals surface area contributed by atoms with E-state index < -0.39 is 21.4 Å². The lowest BCUT2D eigenvalue weighted by Crippen LogP contribution is -1.81. The molecule has 0 aromatic carbocycles. The van der Waals surface area contributed by atoms with E-state index in [0.29, 0.717) is 5.82 Å². The van der Waals surface area contributed by atoms with E-state index in [-0.39, 0.29) is 0 Å². The molecular weight excluding hydrogens is 194 g/mol. The van der Waals surface area contributed by atoms with Crippen molar-refractivity contribution in [2.24, 2.45) is 0 Å². The number of allylic oxidation sites excluding steroid dienone is 1. The van der Waals surface area contributed by atoms with Crippen LogP contribution in [-0.4, -0.2) is 25.7 Å². The van der Waals surface area contributed by atoms with E-state index in [9.17, 15) is 9.13 Å². The molecule has 11 heavy (non-hydrogen) atoms. The molecule has 0 radical (unpaired) electrons. The van der Waals surface area contributed by atoms with Gasteiger partial charge < -0.3 is 19.6 Å². The summed E-state index contributed by atoms with van der Waals surface area (Å²) >= 11 is 0. The summed E-state index contributed by atoms with van der Waals surface area (Å²) in [5.41, 5.74) is 0. The van der Waals surface area contributed by atoms with Gasteiger partial charge in [0.15, 0.2) is 0 Å². The minimum absolute atomic E-state index is 0.464. The van der Waals surface area contributed by atoms with Gasteiger partial charge in [0.1, 0.15) is 0 Å². The lowest BCUT2D eigenvalue weighted by molar-refractivity contribution is 0.377. The Kier molecular flexibility index (Phi) is 3.64. The lowest BCUT2D eigenvalue weighted by Gasteiger charge is -1.97. The van der Waals surface area contributed by atoms with E-state index in [1.807, 2.05) is 0 Å². The molecule has 0 amide bonds. The van der Waals surface area contributed by atoms with Crippen molar-refractivity contribution in [3.8, 4) is 0 Å². The predicted octanol–water partition coefficient (Wildman–Crippen LogP) is -0.145. The van der Waals surface area contributed by atoms with Crippen LogP contribution in [0, 0.1) is 0 Å². The van der Waals surface area contributed by atoms with Crippen molar-refractivity contribution in [1.82, 2.24) is 0 Å². The summed E-state index contributed by atoms with van der Waals surface area (Å²) in [7, 11) is -8.46. The largest absolute Gasteiger partial charge is 0.348 e. The molecule has 0 aliphatic rings. The fourth-order valence-corrected chi connectivity index (χ4v) is 1.25. The SMILES string of the molecule is O=P(O)(O)/C=C/CP(=O)(O)O. The minimum Gasteiger partial charge on any atom is -0.324 e. The van der Waals surface area contributed by atoms with Gasteiger partial charge in [0.2, 0.25) is 0 Å². The van der Waals surface area contributed by atoms with Crippen LogP contribution >= 0.6 is 15.2 Å². The van der Waals surface area contributed by atoms with Crippen molar-refractivity contribution in [2.75, 3.05) is 6.16 Å². The summed E-state index contributed by atoms with van der Waals surface area (Å²) in [5, 5.41) is 0. The van der Waals surface area contributed by atoms with Gasteiger partial charge in [-0.15, -0.1) is 0 Å². The van der Waals surface area contributed by atoms with Crippen LogP contribution in [0.25, 0.3) is 0 Å². The number of rotatable bonds is 3. The average molecular weight is 202 g/mol. The van der Waals surface area contributed by atoms with E-state index in [0.717, 1.165) is 6.08 Å². The molecule has 0 rings (SSSR count). The zero-order valence-corrected chi connectivity index (χ0v) is 7.15. The molecule has 0 spiro atoms. The van der Waals surface area contributed by atoms with Crippen molar-refractivity contribution in [2.45, 2.75) is 0 Å². The third kappa shape index (κ3) is 10.0. The van der Waals surface area contributed by atoms with Crippen LogP contribution in [0.1, 0.15) is 0 Å². The molecule has 0 aliphatic carbocycles. The van der Waals surface area contributed by atoms with E-state index in [2.05, 4.69) is 0 Å². The Balaban J connectivity index is 4.01. The molecule has 0 atom stereocenters. The third-order valence-electron chi connectivity index (χ3n) is 0.643. The second-order valence-electron chi connectivity index (χ2n) is 1.82. The highest BCUT2D eigenvalue weighted by Crippen LogP contribution is 2.39. The molecule has 0 saturated heterocycles. The first-order valence-corrected chi connectivity index (χ1v) is 5.96. The van der Waals surface area contributed by atoms with Crippen molar-refractivity contribution >= 4 is 15.2 Å². The summed E-state index contributed by atoms with van der Waals surface area (Å²) in [5.74, 6) is 0.464. The first-order chi connectivity index (χ1) is 4.71. The first kappa shape index (κ1) is 11.0. The Morgan fingerprint density at radius 3 is 1.82 bits per heavy atom. The van der Waals surface area contributed by atoms with Gasteiger partial charge in [0, 0.05) is 5.82 Å². The molecule has 0 heterocycles. The van der Waals surface area contributed by atoms with Gasteiger partial charge in [-0.3, -0.25) is 9.13 Å². The zero-order valence-electron chi connectivity index (χ0n) is 5.36. The maximum Gasteiger partial charge on any atom is 0.348 e. The molecule has 0 aromatic heterocycles. The fraction of sp³-hybridized carbons (Fsp3) is 0.333. The van der Waals surface area contributed by atoms with Crippen molar-refractivity contribution in [3.63, 3.8) is 0 Å². The van der Waals surface area contributed by atoms with Crippen molar-refractivity contribution in [3.05, 3.63) is 11.9 Å². The van der Waals surface area contributed by atoms with Crippen LogP contribution in [0.4, 0.5) is 0 Å². The Morgan fingerprint density at radius 1 is 1.09 bits per heavy atom. The quantitative estimate of drug-likeness (QED) is 0.473. The molecular formula is C3H8O6P2. The number of hydrogen-bond donors (Lipinski definition) is 4. The second-order valence-corrected chi connectivity index (χ2v) is 4.99. The van der Waals surface area contributed by atoms with Crippen LogP contribution in [0.3, 0.4) is 0 Å². The summed E-state index contributed by atoms with van der Waals surface area (Å²) in [6, 6.07) is 0. The molecule has 0 unspecified atom stereocenters. The van der Waals surface area contributed by atoms with Gasteiger partial charge in [0.05, 0.1) is 6.16 Å². The van der Waals surface area contributed by atoms with E-state index in [1.54, 1.807) is 0 Å². The van der Waals surface area contributed by atoms with Crippen LogP contribution in [0.5, 0.6) is 0 Å². The Morgan fingerprint density at radius 2 is 1.55 bits per heavy atom. The molecule has 66 valence electrons. The Labute approximate surface area is 62.9 Å². The predicted molar refractivity (Wildman–Crippen MR) is 38.1 cm³/mol. The second kappa shape index (κ2) is 3.63. The van der Waals surface area contributed by atoms with E-state index in [1.165, 1.54) is 0 Å². The molecule has 0 bridgehead atoms. The van der Waals surface area contributed by atoms with Crippen molar-refractivity contribution in [1.29, 1.82) is 0 Å². The van der Waals surface area contributed by atoms with Gasteiger partial charge >= 0.3 is 15.2 Å². The molecule has 6 nitrogen and oxygen atoms in total. The molecule has 4 N–H and O–H groups in total. The van der Waals surface area contributed by atoms with Crippen LogP contribution in [0.2, 0.25) is 0 Å². The van der Waals surface area contributed by atoms with Gasteiger partial charge in [0.25, 0.3) is 0 Å². The topological polar surface area (TPSA) is 115 Å². The van der Waals surface area contributed by atoms with Gasteiger partial charge in [-0.1, -0.05) is 6.08 Å². The lowest BCUT2D eigenvalue weighted by atomic mass is 10.8. The Hall–Kier alpha value is 0.0400. The van der Waals surface area contributed by atoms with Crippen LogP contribution < -0.4 is 0 Å². The highest BCUT2D eigenvalue weighted by Gasteiger charge is 2.11. The first-order valence-electron chi connectivity index (χ1n) is 2.48. The highest BCUT2D eigenvalue weighted by atomic mass is 31.2. The summed E-state index contributed by atoms with van der Waals surface area (Å²) in [6.45, 7) is 0. The summed E-state index contributed by atoms with van der Waals surface area (Å²) in [6.07, 6.45) is 0.111. The van der Waals surface area contributed by atoms with Gasteiger partial charge in [-0.05, 0) is 0 Å². The van der Waals surface area contributed by atoms with Crippen molar-refractivity contribution < 1.29 is 28.7 Å². The normalized spacial score (nSPS) is 14.2. The summed E-state index contributed by atoms with van der Waals surface area (Å²) < 4.78 is 20.2. The van der Waals surface area contributed by atoms with Crippen LogP contribution in [0.15, 0.2) is 11.9 Å². The highest BCUT2D eigenvalue weighted by molar-refractivity contribution is 7.55. The smallest absolute Gasteiger partial charge is 0.324 e. The maximum atomic E-state index is 10.1. The maximum absolute atomic E-state index is 10.1. The van der Waals surface area contributed by atoms with E-state index >= 15 is 0 Å². The molecule has 0 saturated carbocycles. The molecule has 0 aromatic rings. The zero-order chi connectivity index (χ0) is 9.12. The summed E-state index contributed by atoms with van der Waals surface area (Å²) in [4.78, 5) is 32.8. The molecule has 8 heteroatoms. The third-order valence-corrected chi connectivity index (χ3v) is 1.93. The molecule has 0 fully saturated rings. The number of hydrogen-bond acceptors (Lipinski definition) is 2. The van der Waals surface area contributed by atoms with Crippen LogP contribution in [-0.2, 0) is 9.13 Å². The fourth-order valence-electron chi connectivity index (χ4n) is 0.322. The Bertz CT molecular complexity index is 232. The standard InChI is InChI=1S/C3H8O6P2/c4-10(5,6)2-1-3-11(7,8)9/h1-2H,3H2,(H2,4,5,6)(H2,7,8,9)/b2-1+. The monoisotopic (exact) mass is 202 g/mol. The average Bonchev–Trinajstić information content (AvgIpc) is 1.55. The van der Waals surface area contributed by atoms with Gasteiger partial charge in [-0.2, -0.15) is 0 Å². The minimum atomic E-state index is -4.28. The van der Waals surface area contributed by atoms with E-state index in [4.69, 9.17) is 19.6 Å². The van der Waals surface area contributed by atoms with Gasteiger partial charge in [-0.25, -0.2) is 0 Å². The molecule has 0 aliphatic heterocycles.